The van der Waals surface area contributed by atoms with E-state index < -0.39 is 17.4 Å². The molecule has 0 spiro atoms. The predicted molar refractivity (Wildman–Crippen MR) is 130 cm³/mol. The average molecular weight is 498 g/mol. The number of carbonyl (C=O) groups excluding carboxylic acids is 1. The third-order valence-corrected chi connectivity index (χ3v) is 6.75. The van der Waals surface area contributed by atoms with E-state index in [9.17, 15) is 14.9 Å². The maximum Gasteiger partial charge on any atom is 0.338 e. The van der Waals surface area contributed by atoms with Gasteiger partial charge in [-0.3, -0.25) is 9.36 Å². The lowest BCUT2D eigenvalue weighted by molar-refractivity contribution is -0.138. The van der Waals surface area contributed by atoms with Gasteiger partial charge in [-0.1, -0.05) is 47.5 Å². The summed E-state index contributed by atoms with van der Waals surface area (Å²) in [4.78, 5) is 26.2. The number of nitrogens with zero attached hydrogens (tertiary/aromatic N) is 2. The molecular weight excluding hydrogens is 481 g/mol. The number of fused-ring (bicyclic) bond motifs is 1. The SMILES string of the molecule is CCOC(=O)C1=C(N)n2c(s/c(=C\c3ccc(Cl)cc3)c2=O)=C(C#N)[C@H]1c1ccc(Cl)cc1. The quantitative estimate of drug-likeness (QED) is 0.558. The fourth-order valence-corrected chi connectivity index (χ4v) is 5.04. The summed E-state index contributed by atoms with van der Waals surface area (Å²) >= 11 is 13.1. The van der Waals surface area contributed by atoms with Crippen molar-refractivity contribution in [2.24, 2.45) is 5.73 Å². The Morgan fingerprint density at radius 1 is 1.18 bits per heavy atom. The number of nitriles is 1. The Labute approximate surface area is 203 Å². The van der Waals surface area contributed by atoms with Crippen LogP contribution in [0, 0.1) is 11.3 Å². The zero-order chi connectivity index (χ0) is 23.7. The van der Waals surface area contributed by atoms with Crippen LogP contribution in [0.5, 0.6) is 0 Å². The smallest absolute Gasteiger partial charge is 0.338 e. The number of rotatable bonds is 4. The van der Waals surface area contributed by atoms with Gasteiger partial charge in [-0.15, -0.1) is 11.3 Å². The van der Waals surface area contributed by atoms with Crippen molar-refractivity contribution in [2.75, 3.05) is 6.61 Å². The standard InChI is InChI=1S/C24H17Cl2N3O3S/c1-2-32-24(31)20-19(14-5-9-16(26)10-6-14)17(12-27)23-29(21(20)28)22(30)18(33-23)11-13-3-7-15(25)8-4-13/h3-11,19H,2,28H2,1H3/b18-11-/t19-/m1/s1. The van der Waals surface area contributed by atoms with Gasteiger partial charge in [0.2, 0.25) is 0 Å². The minimum atomic E-state index is -0.798. The summed E-state index contributed by atoms with van der Waals surface area (Å²) in [5, 5.41) is 11.2. The molecule has 1 aliphatic rings. The molecule has 6 nitrogen and oxygen atoms in total. The molecule has 0 unspecified atom stereocenters. The van der Waals surface area contributed by atoms with E-state index in [0.29, 0.717) is 24.8 Å². The van der Waals surface area contributed by atoms with Crippen molar-refractivity contribution in [3.8, 4) is 6.07 Å². The van der Waals surface area contributed by atoms with Crippen molar-refractivity contribution in [3.63, 3.8) is 0 Å². The fourth-order valence-electron chi connectivity index (χ4n) is 3.66. The molecule has 0 saturated heterocycles. The van der Waals surface area contributed by atoms with E-state index in [-0.39, 0.29) is 23.6 Å². The molecule has 4 rings (SSSR count). The van der Waals surface area contributed by atoms with E-state index >= 15 is 0 Å². The molecular formula is C24H17Cl2N3O3S. The third-order valence-electron chi connectivity index (χ3n) is 5.14. The molecule has 0 amide bonds. The van der Waals surface area contributed by atoms with Crippen LogP contribution in [0.25, 0.3) is 17.5 Å². The fraction of sp³-hybridized carbons (Fsp3) is 0.125. The van der Waals surface area contributed by atoms with Crippen molar-refractivity contribution >= 4 is 58.0 Å². The van der Waals surface area contributed by atoms with Crippen LogP contribution in [0.15, 0.2) is 58.9 Å². The summed E-state index contributed by atoms with van der Waals surface area (Å²) in [5.74, 6) is -1.54. The molecule has 1 atom stereocenters. The molecule has 9 heteroatoms. The van der Waals surface area contributed by atoms with Crippen molar-refractivity contribution in [1.29, 1.82) is 5.26 Å². The normalized spacial score (nSPS) is 15.9. The van der Waals surface area contributed by atoms with Gasteiger partial charge >= 0.3 is 5.97 Å². The highest BCUT2D eigenvalue weighted by Gasteiger charge is 2.36. The van der Waals surface area contributed by atoms with Gasteiger partial charge in [-0.05, 0) is 48.4 Å². The van der Waals surface area contributed by atoms with Crippen LogP contribution in [0.2, 0.25) is 10.0 Å². The van der Waals surface area contributed by atoms with Crippen LogP contribution < -0.4 is 20.5 Å². The number of ether oxygens (including phenoxy) is 1. The minimum Gasteiger partial charge on any atom is -0.463 e. The third kappa shape index (κ3) is 4.21. The van der Waals surface area contributed by atoms with Crippen LogP contribution in [-0.2, 0) is 9.53 Å². The van der Waals surface area contributed by atoms with Crippen LogP contribution in [-0.4, -0.2) is 17.1 Å². The van der Waals surface area contributed by atoms with Crippen LogP contribution >= 0.6 is 34.5 Å². The molecule has 2 N–H and O–H groups in total. The molecule has 2 heterocycles. The molecule has 3 aromatic rings. The summed E-state index contributed by atoms with van der Waals surface area (Å²) < 4.78 is 7.18. The van der Waals surface area contributed by atoms with Gasteiger partial charge in [0.05, 0.1) is 34.3 Å². The summed E-state index contributed by atoms with van der Waals surface area (Å²) in [7, 11) is 0. The van der Waals surface area contributed by atoms with Gasteiger partial charge in [0.15, 0.2) is 0 Å². The molecule has 2 aromatic carbocycles. The Kier molecular flexibility index (Phi) is 6.43. The van der Waals surface area contributed by atoms with Gasteiger partial charge < -0.3 is 10.5 Å². The van der Waals surface area contributed by atoms with E-state index in [0.717, 1.165) is 16.9 Å². The Hall–Kier alpha value is -3.31. The molecule has 0 fully saturated rings. The molecule has 0 aliphatic carbocycles. The van der Waals surface area contributed by atoms with Crippen molar-refractivity contribution in [2.45, 2.75) is 12.8 Å². The topological polar surface area (TPSA) is 98.1 Å². The second-order valence-electron chi connectivity index (χ2n) is 7.14. The van der Waals surface area contributed by atoms with E-state index in [4.69, 9.17) is 33.7 Å². The van der Waals surface area contributed by atoms with E-state index in [1.54, 1.807) is 61.5 Å². The zero-order valence-electron chi connectivity index (χ0n) is 17.3. The Balaban J connectivity index is 2.05. The summed E-state index contributed by atoms with van der Waals surface area (Å²) in [5.41, 5.74) is 7.64. The Morgan fingerprint density at radius 3 is 2.36 bits per heavy atom. The molecule has 33 heavy (non-hydrogen) atoms. The number of halogens is 2. The molecule has 166 valence electrons. The van der Waals surface area contributed by atoms with Crippen molar-refractivity contribution in [3.05, 3.63) is 94.8 Å². The first-order valence-corrected chi connectivity index (χ1v) is 11.5. The number of hydrogen-bond acceptors (Lipinski definition) is 6. The van der Waals surface area contributed by atoms with Crippen LogP contribution in [0.3, 0.4) is 0 Å². The lowest BCUT2D eigenvalue weighted by Gasteiger charge is -2.25. The van der Waals surface area contributed by atoms with Crippen molar-refractivity contribution in [1.82, 2.24) is 4.57 Å². The summed E-state index contributed by atoms with van der Waals surface area (Å²) in [6.07, 6.45) is 1.69. The second kappa shape index (κ2) is 9.28. The van der Waals surface area contributed by atoms with E-state index in [1.807, 2.05) is 0 Å². The van der Waals surface area contributed by atoms with Gasteiger partial charge in [0.1, 0.15) is 10.5 Å². The number of nitrogens with two attached hydrogens (primary N) is 1. The molecule has 1 aromatic heterocycles. The van der Waals surface area contributed by atoms with Crippen LogP contribution in [0.1, 0.15) is 24.0 Å². The first kappa shape index (κ1) is 22.9. The largest absolute Gasteiger partial charge is 0.463 e. The lowest BCUT2D eigenvalue weighted by Crippen LogP contribution is -2.40. The Bertz CT molecular complexity index is 1490. The first-order valence-electron chi connectivity index (χ1n) is 9.91. The number of carbonyl (C=O) groups is 1. The number of esters is 1. The van der Waals surface area contributed by atoms with Gasteiger partial charge in [-0.25, -0.2) is 4.79 Å². The first-order chi connectivity index (χ1) is 15.8. The van der Waals surface area contributed by atoms with Gasteiger partial charge in [0.25, 0.3) is 5.56 Å². The maximum atomic E-state index is 13.3. The molecule has 0 saturated carbocycles. The predicted octanol–water partition coefficient (Wildman–Crippen LogP) is 3.21. The van der Waals surface area contributed by atoms with E-state index in [2.05, 4.69) is 6.07 Å². The van der Waals surface area contributed by atoms with Gasteiger partial charge in [-0.2, -0.15) is 5.26 Å². The minimum absolute atomic E-state index is 0.0427. The highest BCUT2D eigenvalue weighted by Crippen LogP contribution is 2.37. The second-order valence-corrected chi connectivity index (χ2v) is 9.04. The van der Waals surface area contributed by atoms with Crippen LogP contribution in [0.4, 0.5) is 0 Å². The summed E-state index contributed by atoms with van der Waals surface area (Å²) in [6.45, 7) is 1.79. The molecule has 0 bridgehead atoms. The highest BCUT2D eigenvalue weighted by atomic mass is 35.5. The number of hydrogen-bond donors (Lipinski definition) is 1. The molecule has 0 radical (unpaired) electrons. The highest BCUT2D eigenvalue weighted by molar-refractivity contribution is 7.07. The lowest BCUT2D eigenvalue weighted by atomic mass is 9.84. The summed E-state index contributed by atoms with van der Waals surface area (Å²) in [6, 6.07) is 16.0. The van der Waals surface area contributed by atoms with E-state index in [1.165, 1.54) is 4.57 Å². The van der Waals surface area contributed by atoms with Gasteiger partial charge in [0, 0.05) is 10.0 Å². The number of aromatic nitrogens is 1. The monoisotopic (exact) mass is 497 g/mol. The maximum absolute atomic E-state index is 13.3. The average Bonchev–Trinajstić information content (AvgIpc) is 3.12. The molecule has 1 aliphatic heterocycles. The zero-order valence-corrected chi connectivity index (χ0v) is 19.7. The Morgan fingerprint density at radius 2 is 1.79 bits per heavy atom. The number of thiazole rings is 1. The van der Waals surface area contributed by atoms with Crippen molar-refractivity contribution < 1.29 is 9.53 Å². The number of benzene rings is 2.